The van der Waals surface area contributed by atoms with Gasteiger partial charge in [0, 0.05) is 42.4 Å². The van der Waals surface area contributed by atoms with Gasteiger partial charge < -0.3 is 15.5 Å². The van der Waals surface area contributed by atoms with E-state index in [2.05, 4.69) is 4.90 Å². The van der Waals surface area contributed by atoms with Crippen LogP contribution in [0.5, 0.6) is 0 Å². The predicted molar refractivity (Wildman–Crippen MR) is 87.7 cm³/mol. The van der Waals surface area contributed by atoms with E-state index in [1.807, 2.05) is 46.7 Å². The molecule has 0 radical (unpaired) electrons. The van der Waals surface area contributed by atoms with Gasteiger partial charge in [-0.2, -0.15) is 0 Å². The zero-order chi connectivity index (χ0) is 14.7. The molecule has 21 heavy (non-hydrogen) atoms. The number of hydrogen-bond acceptors (Lipinski definition) is 4. The van der Waals surface area contributed by atoms with Crippen molar-refractivity contribution in [2.24, 2.45) is 0 Å². The van der Waals surface area contributed by atoms with Crippen molar-refractivity contribution in [2.45, 2.75) is 6.42 Å². The number of thiophene rings is 1. The van der Waals surface area contributed by atoms with Crippen LogP contribution in [0, 0.1) is 0 Å². The maximum atomic E-state index is 12.3. The van der Waals surface area contributed by atoms with E-state index in [0.29, 0.717) is 6.42 Å². The largest absolute Gasteiger partial charge is 0.399 e. The van der Waals surface area contributed by atoms with E-state index in [1.54, 1.807) is 11.3 Å². The van der Waals surface area contributed by atoms with Crippen molar-refractivity contribution in [1.82, 2.24) is 4.90 Å². The molecule has 0 unspecified atom stereocenters. The second-order valence-electron chi connectivity index (χ2n) is 5.22. The molecule has 0 bridgehead atoms. The predicted octanol–water partition coefficient (Wildman–Crippen LogP) is 2.22. The van der Waals surface area contributed by atoms with E-state index in [9.17, 15) is 4.79 Å². The molecule has 1 saturated heterocycles. The summed E-state index contributed by atoms with van der Waals surface area (Å²) in [6, 6.07) is 11.9. The number of hydrogen-bond donors (Lipinski definition) is 1. The molecular formula is C16H19N3OS. The van der Waals surface area contributed by atoms with E-state index in [-0.39, 0.29) is 5.91 Å². The number of nitrogens with two attached hydrogens (primary N) is 1. The van der Waals surface area contributed by atoms with Crippen LogP contribution in [0.15, 0.2) is 41.8 Å². The molecule has 2 aromatic rings. The fourth-order valence-electron chi connectivity index (χ4n) is 2.57. The number of nitrogens with zero attached hydrogens (tertiary/aromatic N) is 2. The summed E-state index contributed by atoms with van der Waals surface area (Å²) in [4.78, 5) is 17.7. The summed E-state index contributed by atoms with van der Waals surface area (Å²) in [6.45, 7) is 3.32. The third-order valence-corrected chi connectivity index (χ3v) is 4.67. The Balaban J connectivity index is 1.55. The van der Waals surface area contributed by atoms with Gasteiger partial charge in [-0.3, -0.25) is 4.79 Å². The number of piperazine rings is 1. The van der Waals surface area contributed by atoms with Crippen molar-refractivity contribution in [3.63, 3.8) is 0 Å². The Labute approximate surface area is 128 Å². The Morgan fingerprint density at radius 3 is 2.43 bits per heavy atom. The topological polar surface area (TPSA) is 49.6 Å². The van der Waals surface area contributed by atoms with Crippen molar-refractivity contribution in [3.05, 3.63) is 46.7 Å². The lowest BCUT2D eigenvalue weighted by Crippen LogP contribution is -2.49. The summed E-state index contributed by atoms with van der Waals surface area (Å²) < 4.78 is 0. The molecule has 1 aliphatic rings. The average Bonchev–Trinajstić information content (AvgIpc) is 3.01. The first-order valence-electron chi connectivity index (χ1n) is 7.13. The maximum absolute atomic E-state index is 12.3. The Morgan fingerprint density at radius 2 is 1.81 bits per heavy atom. The van der Waals surface area contributed by atoms with E-state index in [0.717, 1.165) is 36.7 Å². The first-order chi connectivity index (χ1) is 10.2. The van der Waals surface area contributed by atoms with Crippen LogP contribution in [-0.2, 0) is 11.2 Å². The third-order valence-electron chi connectivity index (χ3n) is 3.80. The summed E-state index contributed by atoms with van der Waals surface area (Å²) in [5.41, 5.74) is 7.67. The van der Waals surface area contributed by atoms with Crippen LogP contribution in [0.4, 0.5) is 11.4 Å². The lowest BCUT2D eigenvalue weighted by molar-refractivity contribution is -0.130. The minimum Gasteiger partial charge on any atom is -0.399 e. The highest BCUT2D eigenvalue weighted by Gasteiger charge is 2.21. The zero-order valence-electron chi connectivity index (χ0n) is 11.9. The first kappa shape index (κ1) is 13.9. The maximum Gasteiger partial charge on any atom is 0.227 e. The minimum atomic E-state index is 0.231. The van der Waals surface area contributed by atoms with E-state index in [1.165, 1.54) is 5.69 Å². The molecule has 4 nitrogen and oxygen atoms in total. The quantitative estimate of drug-likeness (QED) is 0.884. The van der Waals surface area contributed by atoms with Crippen LogP contribution in [0.3, 0.4) is 0 Å². The summed E-state index contributed by atoms with van der Waals surface area (Å²) >= 11 is 1.64. The first-order valence-corrected chi connectivity index (χ1v) is 8.01. The summed E-state index contributed by atoms with van der Waals surface area (Å²) in [5.74, 6) is 0.231. The van der Waals surface area contributed by atoms with Gasteiger partial charge in [0.05, 0.1) is 6.42 Å². The van der Waals surface area contributed by atoms with E-state index < -0.39 is 0 Å². The average molecular weight is 301 g/mol. The molecule has 110 valence electrons. The van der Waals surface area contributed by atoms with Gasteiger partial charge >= 0.3 is 0 Å². The van der Waals surface area contributed by atoms with E-state index >= 15 is 0 Å². The van der Waals surface area contributed by atoms with Crippen molar-refractivity contribution in [3.8, 4) is 0 Å². The smallest absolute Gasteiger partial charge is 0.227 e. The van der Waals surface area contributed by atoms with E-state index in [4.69, 9.17) is 5.73 Å². The third kappa shape index (κ3) is 3.36. The van der Waals surface area contributed by atoms with Gasteiger partial charge in [-0.1, -0.05) is 6.07 Å². The molecule has 1 aromatic carbocycles. The Bertz CT molecular complexity index is 586. The fraction of sp³-hybridized carbons (Fsp3) is 0.312. The van der Waals surface area contributed by atoms with Crippen molar-refractivity contribution in [2.75, 3.05) is 36.8 Å². The second-order valence-corrected chi connectivity index (χ2v) is 6.25. The van der Waals surface area contributed by atoms with Crippen molar-refractivity contribution < 1.29 is 4.79 Å². The molecule has 0 spiro atoms. The molecule has 2 heterocycles. The Morgan fingerprint density at radius 1 is 1.10 bits per heavy atom. The lowest BCUT2D eigenvalue weighted by atomic mass is 10.2. The fourth-order valence-corrected chi connectivity index (χ4v) is 3.27. The number of amides is 1. The van der Waals surface area contributed by atoms with Crippen molar-refractivity contribution >= 4 is 28.6 Å². The number of benzene rings is 1. The van der Waals surface area contributed by atoms with Crippen LogP contribution in [0.2, 0.25) is 0 Å². The highest BCUT2D eigenvalue weighted by Crippen LogP contribution is 2.19. The van der Waals surface area contributed by atoms with Gasteiger partial charge in [0.15, 0.2) is 0 Å². The zero-order valence-corrected chi connectivity index (χ0v) is 12.7. The molecule has 1 aromatic heterocycles. The summed E-state index contributed by atoms with van der Waals surface area (Å²) in [6.07, 6.45) is 0.527. The Kier molecular flexibility index (Phi) is 4.10. The summed E-state index contributed by atoms with van der Waals surface area (Å²) in [7, 11) is 0. The van der Waals surface area contributed by atoms with Gasteiger partial charge in [-0.15, -0.1) is 11.3 Å². The highest BCUT2D eigenvalue weighted by molar-refractivity contribution is 7.10. The normalized spacial score (nSPS) is 15.2. The number of rotatable bonds is 3. The SMILES string of the molecule is Nc1ccc(N2CCN(C(=O)Cc3cccs3)CC2)cc1. The van der Waals surface area contributed by atoms with Gasteiger partial charge in [-0.25, -0.2) is 0 Å². The number of carbonyl (C=O) groups excluding carboxylic acids is 1. The highest BCUT2D eigenvalue weighted by atomic mass is 32.1. The minimum absolute atomic E-state index is 0.231. The second kappa shape index (κ2) is 6.18. The monoisotopic (exact) mass is 301 g/mol. The number of anilines is 2. The summed E-state index contributed by atoms with van der Waals surface area (Å²) in [5, 5.41) is 2.02. The van der Waals surface area contributed by atoms with Gasteiger partial charge in [0.1, 0.15) is 0 Å². The van der Waals surface area contributed by atoms with Gasteiger partial charge in [0.25, 0.3) is 0 Å². The molecule has 1 amide bonds. The molecule has 3 rings (SSSR count). The lowest BCUT2D eigenvalue weighted by Gasteiger charge is -2.36. The molecule has 0 aliphatic carbocycles. The van der Waals surface area contributed by atoms with Crippen molar-refractivity contribution in [1.29, 1.82) is 0 Å². The van der Waals surface area contributed by atoms with Crippen LogP contribution in [0.25, 0.3) is 0 Å². The van der Waals surface area contributed by atoms with Crippen LogP contribution in [0.1, 0.15) is 4.88 Å². The number of nitrogen functional groups attached to an aromatic ring is 1. The molecular weight excluding hydrogens is 282 g/mol. The molecule has 0 atom stereocenters. The number of carbonyl (C=O) groups is 1. The van der Waals surface area contributed by atoms with Crippen LogP contribution < -0.4 is 10.6 Å². The van der Waals surface area contributed by atoms with Crippen LogP contribution >= 0.6 is 11.3 Å². The standard InChI is InChI=1S/C16H19N3OS/c17-13-3-5-14(6-4-13)18-7-9-19(10-8-18)16(20)12-15-2-1-11-21-15/h1-6,11H,7-10,12,17H2. The molecule has 0 saturated carbocycles. The molecule has 5 heteroatoms. The van der Waals surface area contributed by atoms with Crippen LogP contribution in [-0.4, -0.2) is 37.0 Å². The van der Waals surface area contributed by atoms with Gasteiger partial charge in [-0.05, 0) is 35.7 Å². The Hall–Kier alpha value is -2.01. The molecule has 1 fully saturated rings. The molecule has 1 aliphatic heterocycles. The van der Waals surface area contributed by atoms with Gasteiger partial charge in [0.2, 0.25) is 5.91 Å². The molecule has 2 N–H and O–H groups in total.